The van der Waals surface area contributed by atoms with Crippen molar-refractivity contribution < 1.29 is 9.90 Å². The number of aliphatic hydroxyl groups is 1. The first-order valence-corrected chi connectivity index (χ1v) is 9.60. The van der Waals surface area contributed by atoms with Gasteiger partial charge in [0.1, 0.15) is 10.9 Å². The Morgan fingerprint density at radius 2 is 1.96 bits per heavy atom. The van der Waals surface area contributed by atoms with E-state index in [2.05, 4.69) is 24.0 Å². The first-order valence-electron chi connectivity index (χ1n) is 9.22. The average molecular weight is 368 g/mol. The summed E-state index contributed by atoms with van der Waals surface area (Å²) in [5, 5.41) is 11.2. The molecule has 1 fully saturated rings. The van der Waals surface area contributed by atoms with Crippen molar-refractivity contribution in [3.8, 4) is 11.1 Å². The standard InChI is InChI=1S/C22H22ClNO2/c1-3-13-4-5-14(18-11-24-19(23)8-12(18)2)10-17(13)20-21(25)15-6-7-16(9-15)22(20)26/h4-5,8,10-11,15-16,25H,3,6-7,9H2,1-2H3/t15-,16+/m1/s1. The highest BCUT2D eigenvalue weighted by Crippen LogP contribution is 2.46. The molecule has 1 heterocycles. The van der Waals surface area contributed by atoms with Crippen LogP contribution >= 0.6 is 11.6 Å². The number of fused-ring (bicyclic) bond motifs is 2. The molecule has 4 rings (SSSR count). The zero-order valence-electron chi connectivity index (χ0n) is 15.1. The molecule has 1 aromatic carbocycles. The third kappa shape index (κ3) is 2.75. The summed E-state index contributed by atoms with van der Waals surface area (Å²) in [4.78, 5) is 17.2. The Labute approximate surface area is 158 Å². The van der Waals surface area contributed by atoms with E-state index in [1.165, 1.54) is 0 Å². The van der Waals surface area contributed by atoms with Crippen molar-refractivity contribution in [1.82, 2.24) is 4.98 Å². The van der Waals surface area contributed by atoms with E-state index in [-0.39, 0.29) is 17.6 Å². The molecule has 2 bridgehead atoms. The smallest absolute Gasteiger partial charge is 0.169 e. The third-order valence-electron chi connectivity index (χ3n) is 5.84. The minimum Gasteiger partial charge on any atom is -0.511 e. The molecule has 2 atom stereocenters. The Bertz CT molecular complexity index is 932. The number of aromatic nitrogens is 1. The van der Waals surface area contributed by atoms with Crippen molar-refractivity contribution in [2.45, 2.75) is 39.5 Å². The first-order chi connectivity index (χ1) is 12.5. The number of carbonyl (C=O) groups excluding carboxylic acids is 1. The number of nitrogens with zero attached hydrogens (tertiary/aromatic N) is 1. The molecule has 1 saturated carbocycles. The Morgan fingerprint density at radius 3 is 2.69 bits per heavy atom. The van der Waals surface area contributed by atoms with E-state index in [9.17, 15) is 9.90 Å². The van der Waals surface area contributed by atoms with Gasteiger partial charge < -0.3 is 5.11 Å². The van der Waals surface area contributed by atoms with Gasteiger partial charge in [-0.2, -0.15) is 0 Å². The second-order valence-corrected chi connectivity index (χ2v) is 7.77. The number of hydrogen-bond acceptors (Lipinski definition) is 3. The molecule has 4 heteroatoms. The summed E-state index contributed by atoms with van der Waals surface area (Å²) in [5.41, 5.74) is 5.52. The van der Waals surface area contributed by atoms with E-state index in [1.807, 2.05) is 19.1 Å². The molecule has 2 aliphatic carbocycles. The second kappa shape index (κ2) is 6.55. The number of ketones is 1. The zero-order chi connectivity index (χ0) is 18.4. The van der Waals surface area contributed by atoms with E-state index in [4.69, 9.17) is 11.6 Å². The zero-order valence-corrected chi connectivity index (χ0v) is 15.8. The van der Waals surface area contributed by atoms with Gasteiger partial charge in [0.2, 0.25) is 0 Å². The number of aryl methyl sites for hydroxylation is 2. The number of hydrogen-bond donors (Lipinski definition) is 1. The Hall–Kier alpha value is -2.13. The van der Waals surface area contributed by atoms with E-state index in [0.717, 1.165) is 53.5 Å². The summed E-state index contributed by atoms with van der Waals surface area (Å²) in [6.07, 6.45) is 5.18. The van der Waals surface area contributed by atoms with Gasteiger partial charge in [-0.1, -0.05) is 30.7 Å². The number of carbonyl (C=O) groups is 1. The van der Waals surface area contributed by atoms with E-state index >= 15 is 0 Å². The van der Waals surface area contributed by atoms with Crippen LogP contribution in [0.25, 0.3) is 16.7 Å². The van der Waals surface area contributed by atoms with Crippen molar-refractivity contribution >= 4 is 23.0 Å². The largest absolute Gasteiger partial charge is 0.511 e. The number of pyridine rings is 1. The van der Waals surface area contributed by atoms with E-state index in [1.54, 1.807) is 6.20 Å². The van der Waals surface area contributed by atoms with Crippen LogP contribution in [-0.4, -0.2) is 15.9 Å². The Kier molecular flexibility index (Phi) is 4.36. The molecule has 0 spiro atoms. The lowest BCUT2D eigenvalue weighted by Crippen LogP contribution is -2.22. The van der Waals surface area contributed by atoms with Crippen molar-refractivity contribution in [3.63, 3.8) is 0 Å². The van der Waals surface area contributed by atoms with Gasteiger partial charge in [0.25, 0.3) is 0 Å². The predicted molar refractivity (Wildman–Crippen MR) is 104 cm³/mol. The number of halogens is 1. The van der Waals surface area contributed by atoms with Crippen LogP contribution in [0.15, 0.2) is 36.2 Å². The van der Waals surface area contributed by atoms with Gasteiger partial charge in [-0.25, -0.2) is 4.98 Å². The minimum absolute atomic E-state index is 0.0678. The second-order valence-electron chi connectivity index (χ2n) is 7.38. The van der Waals surface area contributed by atoms with Crippen LogP contribution < -0.4 is 0 Å². The summed E-state index contributed by atoms with van der Waals surface area (Å²) in [6, 6.07) is 7.99. The van der Waals surface area contributed by atoms with Gasteiger partial charge >= 0.3 is 0 Å². The average Bonchev–Trinajstić information content (AvgIpc) is 3.07. The SMILES string of the molecule is CCc1ccc(-c2cnc(Cl)cc2C)cc1C1=C(O)[C@@H]2CC[C@@H](C2)C1=O. The van der Waals surface area contributed by atoms with Gasteiger partial charge in [-0.05, 0) is 67.0 Å². The van der Waals surface area contributed by atoms with Crippen molar-refractivity contribution in [1.29, 1.82) is 0 Å². The molecule has 1 N–H and O–H groups in total. The number of rotatable bonds is 3. The fraction of sp³-hybridized carbons (Fsp3) is 0.364. The van der Waals surface area contributed by atoms with Crippen molar-refractivity contribution in [2.75, 3.05) is 0 Å². The summed E-state index contributed by atoms with van der Waals surface area (Å²) in [6.45, 7) is 4.08. The lowest BCUT2D eigenvalue weighted by atomic mass is 9.81. The topological polar surface area (TPSA) is 50.2 Å². The maximum absolute atomic E-state index is 13.0. The number of benzene rings is 1. The molecule has 2 aromatic rings. The van der Waals surface area contributed by atoms with Gasteiger partial charge in [-0.15, -0.1) is 0 Å². The lowest BCUT2D eigenvalue weighted by molar-refractivity contribution is -0.117. The minimum atomic E-state index is 0.0678. The molecule has 0 radical (unpaired) electrons. The number of Topliss-reactive ketones (excluding diaryl/α,β-unsaturated/α-hetero) is 1. The van der Waals surface area contributed by atoms with Gasteiger partial charge in [0, 0.05) is 23.6 Å². The van der Waals surface area contributed by atoms with Crippen LogP contribution in [0.1, 0.15) is 42.9 Å². The van der Waals surface area contributed by atoms with Crippen LogP contribution in [-0.2, 0) is 11.2 Å². The van der Waals surface area contributed by atoms with Crippen LogP contribution in [0.4, 0.5) is 0 Å². The normalized spacial score (nSPS) is 22.2. The van der Waals surface area contributed by atoms with Gasteiger partial charge in [0.15, 0.2) is 5.78 Å². The summed E-state index contributed by atoms with van der Waals surface area (Å²) in [7, 11) is 0. The van der Waals surface area contributed by atoms with E-state index < -0.39 is 0 Å². The highest BCUT2D eigenvalue weighted by molar-refractivity contribution is 6.29. The summed E-state index contributed by atoms with van der Waals surface area (Å²) in [5.74, 6) is 0.605. The molecule has 0 amide bonds. The van der Waals surface area contributed by atoms with Crippen LogP contribution in [0.2, 0.25) is 5.15 Å². The molecule has 0 aliphatic heterocycles. The van der Waals surface area contributed by atoms with Gasteiger partial charge in [0.05, 0.1) is 5.57 Å². The van der Waals surface area contributed by atoms with E-state index in [0.29, 0.717) is 16.5 Å². The summed E-state index contributed by atoms with van der Waals surface area (Å²) < 4.78 is 0. The highest BCUT2D eigenvalue weighted by atomic mass is 35.5. The molecular formula is C22H22ClNO2. The van der Waals surface area contributed by atoms with Crippen molar-refractivity contribution in [3.05, 3.63) is 58.1 Å². The van der Waals surface area contributed by atoms with Crippen LogP contribution in [0.3, 0.4) is 0 Å². The number of aliphatic hydroxyl groups excluding tert-OH is 1. The predicted octanol–water partition coefficient (Wildman–Crippen LogP) is 5.54. The number of allylic oxidation sites excluding steroid dienone is 2. The lowest BCUT2D eigenvalue weighted by Gasteiger charge is -2.23. The third-order valence-corrected chi connectivity index (χ3v) is 6.05. The first kappa shape index (κ1) is 17.3. The molecule has 134 valence electrons. The highest BCUT2D eigenvalue weighted by Gasteiger charge is 2.41. The monoisotopic (exact) mass is 367 g/mol. The fourth-order valence-corrected chi connectivity index (χ4v) is 4.59. The van der Waals surface area contributed by atoms with Crippen LogP contribution in [0.5, 0.6) is 0 Å². The summed E-state index contributed by atoms with van der Waals surface area (Å²) >= 11 is 5.99. The molecule has 0 saturated heterocycles. The maximum Gasteiger partial charge on any atom is 0.169 e. The fourth-order valence-electron chi connectivity index (χ4n) is 4.38. The Morgan fingerprint density at radius 1 is 1.19 bits per heavy atom. The Balaban J connectivity index is 1.88. The quantitative estimate of drug-likeness (QED) is 0.724. The molecular weight excluding hydrogens is 346 g/mol. The molecule has 2 aliphatic rings. The van der Waals surface area contributed by atoms with Crippen LogP contribution in [0, 0.1) is 18.8 Å². The molecule has 26 heavy (non-hydrogen) atoms. The van der Waals surface area contributed by atoms with Crippen molar-refractivity contribution in [2.24, 2.45) is 11.8 Å². The molecule has 1 aromatic heterocycles. The maximum atomic E-state index is 13.0. The molecule has 3 nitrogen and oxygen atoms in total. The molecule has 0 unspecified atom stereocenters. The van der Waals surface area contributed by atoms with Gasteiger partial charge in [-0.3, -0.25) is 4.79 Å².